The molecule has 176 valence electrons. The Morgan fingerprint density at radius 2 is 1.94 bits per heavy atom. The molecule has 0 radical (unpaired) electrons. The summed E-state index contributed by atoms with van der Waals surface area (Å²) in [7, 11) is 0. The largest absolute Gasteiger partial charge is 0.393 e. The average Bonchev–Trinajstić information content (AvgIpc) is 3.04. The van der Waals surface area contributed by atoms with Gasteiger partial charge >= 0.3 is 0 Å². The summed E-state index contributed by atoms with van der Waals surface area (Å²) in [5.74, 6) is 1.62. The topological polar surface area (TPSA) is 60.7 Å². The summed E-state index contributed by atoms with van der Waals surface area (Å²) in [6.45, 7) is 11.7. The molecule has 3 aliphatic rings. The second-order valence-corrected chi connectivity index (χ2v) is 11.3. The third-order valence-electron chi connectivity index (χ3n) is 8.68. The molecular weight excluding hydrogens is 391 g/mol. The van der Waals surface area contributed by atoms with Gasteiger partial charge in [0, 0.05) is 6.42 Å². The van der Waals surface area contributed by atoms with Gasteiger partial charge in [-0.05, 0) is 99.5 Å². The lowest BCUT2D eigenvalue weighted by molar-refractivity contribution is 0.00301. The second-order valence-electron chi connectivity index (χ2n) is 11.3. The first kappa shape index (κ1) is 24.7. The summed E-state index contributed by atoms with van der Waals surface area (Å²) in [5, 5.41) is 30.3. The van der Waals surface area contributed by atoms with Crippen molar-refractivity contribution in [3.05, 3.63) is 35.5 Å². The van der Waals surface area contributed by atoms with Gasteiger partial charge in [0.2, 0.25) is 0 Å². The lowest BCUT2D eigenvalue weighted by Crippen LogP contribution is -2.37. The first-order valence-corrected chi connectivity index (χ1v) is 12.3. The molecule has 0 saturated heterocycles. The van der Waals surface area contributed by atoms with Crippen molar-refractivity contribution in [3.8, 4) is 0 Å². The highest BCUT2D eigenvalue weighted by atomic mass is 19.1. The molecule has 7 atom stereocenters. The van der Waals surface area contributed by atoms with Crippen LogP contribution in [0.1, 0.15) is 85.5 Å². The van der Waals surface area contributed by atoms with Crippen molar-refractivity contribution in [2.45, 2.75) is 109 Å². The molecular formula is C27H43FO3. The van der Waals surface area contributed by atoms with Gasteiger partial charge in [-0.15, -0.1) is 0 Å². The number of hydrogen-bond acceptors (Lipinski definition) is 3. The molecule has 0 spiro atoms. The molecule has 31 heavy (non-hydrogen) atoms. The van der Waals surface area contributed by atoms with Crippen LogP contribution < -0.4 is 0 Å². The van der Waals surface area contributed by atoms with E-state index in [4.69, 9.17) is 0 Å². The van der Waals surface area contributed by atoms with Crippen molar-refractivity contribution in [3.63, 3.8) is 0 Å². The van der Waals surface area contributed by atoms with E-state index in [1.165, 1.54) is 45.1 Å². The fraction of sp³-hybridized carbons (Fsp3) is 0.778. The first-order chi connectivity index (χ1) is 14.4. The van der Waals surface area contributed by atoms with Crippen LogP contribution in [0.4, 0.5) is 4.39 Å². The average molecular weight is 435 g/mol. The van der Waals surface area contributed by atoms with Crippen LogP contribution in [0.15, 0.2) is 35.5 Å². The van der Waals surface area contributed by atoms with Crippen molar-refractivity contribution in [1.82, 2.24) is 0 Å². The van der Waals surface area contributed by atoms with Gasteiger partial charge in [-0.3, -0.25) is 0 Å². The number of rotatable bonds is 6. The highest BCUT2D eigenvalue weighted by molar-refractivity contribution is 5.38. The maximum atomic E-state index is 14.0. The van der Waals surface area contributed by atoms with Crippen molar-refractivity contribution in [2.75, 3.05) is 0 Å². The Hall–Kier alpha value is -0.970. The summed E-state index contributed by atoms with van der Waals surface area (Å²) >= 11 is 0. The highest BCUT2D eigenvalue weighted by Crippen LogP contribution is 2.60. The van der Waals surface area contributed by atoms with E-state index < -0.39 is 24.0 Å². The number of hydrogen-bond donors (Lipinski definition) is 3. The maximum absolute atomic E-state index is 14.0. The molecule has 3 nitrogen and oxygen atoms in total. The van der Waals surface area contributed by atoms with Crippen LogP contribution in [-0.2, 0) is 0 Å². The molecule has 0 aliphatic heterocycles. The van der Waals surface area contributed by atoms with Crippen molar-refractivity contribution >= 4 is 0 Å². The first-order valence-electron chi connectivity index (χ1n) is 12.3. The number of alkyl halides is 1. The zero-order valence-corrected chi connectivity index (χ0v) is 19.9. The third-order valence-corrected chi connectivity index (χ3v) is 8.68. The van der Waals surface area contributed by atoms with Gasteiger partial charge in [-0.2, -0.15) is 0 Å². The zero-order valence-electron chi connectivity index (χ0n) is 19.9. The van der Waals surface area contributed by atoms with E-state index in [-0.39, 0.29) is 5.41 Å². The Morgan fingerprint density at radius 1 is 1.23 bits per heavy atom. The van der Waals surface area contributed by atoms with Crippen LogP contribution in [0.25, 0.3) is 0 Å². The van der Waals surface area contributed by atoms with Crippen molar-refractivity contribution in [1.29, 1.82) is 0 Å². The molecule has 4 heteroatoms. The Kier molecular flexibility index (Phi) is 7.55. The molecule has 3 rings (SSSR count). The summed E-state index contributed by atoms with van der Waals surface area (Å²) < 4.78 is 14.0. The Labute approximate surface area is 188 Å². The Morgan fingerprint density at radius 3 is 2.61 bits per heavy atom. The van der Waals surface area contributed by atoms with Gasteiger partial charge in [-0.25, -0.2) is 4.39 Å². The minimum absolute atomic E-state index is 0.251. The van der Waals surface area contributed by atoms with Crippen LogP contribution >= 0.6 is 0 Å². The van der Waals surface area contributed by atoms with Crippen LogP contribution in [-0.4, -0.2) is 39.3 Å². The van der Waals surface area contributed by atoms with Gasteiger partial charge in [0.25, 0.3) is 0 Å². The number of fused-ring (bicyclic) bond motifs is 1. The molecule has 0 aromatic heterocycles. The van der Waals surface area contributed by atoms with Crippen LogP contribution in [0.3, 0.4) is 0 Å². The van der Waals surface area contributed by atoms with Gasteiger partial charge < -0.3 is 15.3 Å². The summed E-state index contributed by atoms with van der Waals surface area (Å²) in [4.78, 5) is 0. The monoisotopic (exact) mass is 434 g/mol. The van der Waals surface area contributed by atoms with E-state index in [1.54, 1.807) is 0 Å². The van der Waals surface area contributed by atoms with Gasteiger partial charge in [0.1, 0.15) is 5.67 Å². The Bertz CT molecular complexity index is 718. The van der Waals surface area contributed by atoms with Crippen LogP contribution in [0, 0.1) is 23.2 Å². The predicted octanol–water partition coefficient (Wildman–Crippen LogP) is 5.65. The number of allylic oxidation sites excluding steroid dienone is 3. The summed E-state index contributed by atoms with van der Waals surface area (Å²) in [6, 6.07) is 0. The maximum Gasteiger partial charge on any atom is 0.131 e. The smallest absolute Gasteiger partial charge is 0.131 e. The lowest BCUT2D eigenvalue weighted by atomic mass is 9.60. The molecule has 0 aromatic rings. The summed E-state index contributed by atoms with van der Waals surface area (Å²) in [5.41, 5.74) is 1.91. The third kappa shape index (κ3) is 5.34. The second kappa shape index (κ2) is 9.49. The minimum atomic E-state index is -1.54. The molecule has 3 N–H and O–H groups in total. The Balaban J connectivity index is 1.71. The van der Waals surface area contributed by atoms with Gasteiger partial charge in [0.15, 0.2) is 0 Å². The molecule has 3 fully saturated rings. The fourth-order valence-corrected chi connectivity index (χ4v) is 6.64. The van der Waals surface area contributed by atoms with E-state index in [0.29, 0.717) is 37.0 Å². The van der Waals surface area contributed by atoms with Crippen molar-refractivity contribution < 1.29 is 19.7 Å². The van der Waals surface area contributed by atoms with E-state index >= 15 is 0 Å². The van der Waals surface area contributed by atoms with Crippen LogP contribution in [0.5, 0.6) is 0 Å². The predicted molar refractivity (Wildman–Crippen MR) is 124 cm³/mol. The normalized spacial score (nSPS) is 39.0. The minimum Gasteiger partial charge on any atom is -0.393 e. The van der Waals surface area contributed by atoms with Crippen LogP contribution in [0.2, 0.25) is 0 Å². The lowest BCUT2D eigenvalue weighted by Gasteiger charge is -2.44. The van der Waals surface area contributed by atoms with E-state index in [1.807, 2.05) is 0 Å². The van der Waals surface area contributed by atoms with Crippen molar-refractivity contribution in [2.24, 2.45) is 23.2 Å². The summed E-state index contributed by atoms with van der Waals surface area (Å²) in [6.07, 6.45) is 10.5. The molecule has 0 heterocycles. The highest BCUT2D eigenvalue weighted by Gasteiger charge is 2.50. The molecule has 0 amide bonds. The molecule has 3 aliphatic carbocycles. The zero-order chi connectivity index (χ0) is 23.0. The number of aliphatic hydroxyl groups excluding tert-OH is 3. The van der Waals surface area contributed by atoms with E-state index in [0.717, 1.165) is 24.0 Å². The number of halogens is 1. The van der Waals surface area contributed by atoms with Gasteiger partial charge in [-0.1, -0.05) is 38.2 Å². The number of aliphatic hydroxyl groups is 3. The standard InChI is InChI=1S/C27H43FO3/c1-17(8-13-25(31)26(3,4)28)22-11-12-23-19(7-6-14-27(22,23)5)9-10-20-15-21(29)16-24(30)18(20)2/h9-10,17,21-25,29-31H,2,6-8,11-16H2,1,3-5H3/b19-9?,20-10-/t17-,21-,22-,23?,24-,25?,27-/m1/s1. The quantitative estimate of drug-likeness (QED) is 0.506. The molecule has 0 bridgehead atoms. The van der Waals surface area contributed by atoms with E-state index in [2.05, 4.69) is 32.6 Å². The van der Waals surface area contributed by atoms with Gasteiger partial charge in [0.05, 0.1) is 18.3 Å². The molecule has 3 saturated carbocycles. The fourth-order valence-electron chi connectivity index (χ4n) is 6.64. The molecule has 2 unspecified atom stereocenters. The van der Waals surface area contributed by atoms with E-state index in [9.17, 15) is 19.7 Å². The molecule has 0 aromatic carbocycles. The SMILES string of the molecule is C=C1/C(=C\C=C2CCC[C@@]3(C)C2CC[C@@H]3[C@H](C)CCC(O)C(C)(C)F)C[C@@H](O)C[C@H]1O.